The summed E-state index contributed by atoms with van der Waals surface area (Å²) < 4.78 is 44.0. The van der Waals surface area contributed by atoms with E-state index < -0.39 is 11.9 Å². The largest absolute Gasteiger partial charge is 0.433 e. The Morgan fingerprint density at radius 2 is 1.95 bits per heavy atom. The molecule has 1 N–H and O–H groups in total. The summed E-state index contributed by atoms with van der Waals surface area (Å²) >= 11 is 0. The Kier molecular flexibility index (Phi) is 2.99. The van der Waals surface area contributed by atoms with E-state index in [0.717, 1.165) is 44.8 Å². The van der Waals surface area contributed by atoms with Gasteiger partial charge in [-0.3, -0.25) is 0 Å². The molecule has 22 heavy (non-hydrogen) atoms. The minimum atomic E-state index is -4.39. The van der Waals surface area contributed by atoms with E-state index in [1.54, 1.807) is 6.07 Å². The zero-order chi connectivity index (χ0) is 15.4. The van der Waals surface area contributed by atoms with Crippen molar-refractivity contribution in [3.63, 3.8) is 0 Å². The minimum Gasteiger partial charge on any atom is -0.378 e. The maximum absolute atomic E-state index is 12.7. The third-order valence-corrected chi connectivity index (χ3v) is 5.37. The summed E-state index contributed by atoms with van der Waals surface area (Å²) in [6.07, 6.45) is 2.41. The van der Waals surface area contributed by atoms with E-state index in [4.69, 9.17) is 4.74 Å². The maximum Gasteiger partial charge on any atom is 0.433 e. The monoisotopic (exact) mass is 312 g/mol. The summed E-state index contributed by atoms with van der Waals surface area (Å²) in [5.41, 5.74) is -0.623. The fourth-order valence-corrected chi connectivity index (χ4v) is 4.50. The second-order valence-electron chi connectivity index (χ2n) is 7.06. The van der Waals surface area contributed by atoms with Gasteiger partial charge < -0.3 is 10.1 Å². The second-order valence-corrected chi connectivity index (χ2v) is 7.06. The molecule has 1 aliphatic heterocycles. The van der Waals surface area contributed by atoms with Gasteiger partial charge in [0.25, 0.3) is 0 Å². The first-order valence-electron chi connectivity index (χ1n) is 7.85. The number of rotatable bonds is 3. The Balaban J connectivity index is 1.41. The molecule has 3 aliphatic carbocycles. The lowest BCUT2D eigenvalue weighted by Crippen LogP contribution is -2.75. The van der Waals surface area contributed by atoms with Gasteiger partial charge in [-0.15, -0.1) is 0 Å². The first kappa shape index (κ1) is 14.3. The summed E-state index contributed by atoms with van der Waals surface area (Å²) in [4.78, 5) is 3.70. The van der Waals surface area contributed by atoms with E-state index in [1.807, 2.05) is 0 Å². The highest BCUT2D eigenvalue weighted by molar-refractivity contribution is 5.45. The van der Waals surface area contributed by atoms with Crippen LogP contribution in [0, 0.1) is 5.41 Å². The predicted molar refractivity (Wildman–Crippen MR) is 75.5 cm³/mol. The summed E-state index contributed by atoms with van der Waals surface area (Å²) in [5, 5.41) is 3.23. The number of nitrogens with zero attached hydrogens (tertiary/aromatic N) is 1. The molecule has 5 rings (SSSR count). The number of alkyl halides is 3. The number of nitrogens with one attached hydrogen (secondary N) is 1. The van der Waals surface area contributed by atoms with Crippen molar-refractivity contribution < 1.29 is 17.9 Å². The van der Waals surface area contributed by atoms with Crippen LogP contribution < -0.4 is 5.32 Å². The van der Waals surface area contributed by atoms with Crippen LogP contribution in [-0.2, 0) is 10.9 Å². The number of anilines is 1. The molecule has 0 aromatic carbocycles. The quantitative estimate of drug-likeness (QED) is 0.916. The molecule has 6 heteroatoms. The standard InChI is InChI=1S/C16H19F3N2O/c17-16(18,19)11-4-3-6-13(20-11)21-15-8-14(9-15,10-15)12-5-1-2-7-22-12/h3-4,6,12H,1-2,5,7-10H2,(H,20,21). The van der Waals surface area contributed by atoms with Gasteiger partial charge >= 0.3 is 6.18 Å². The summed E-state index contributed by atoms with van der Waals surface area (Å²) in [6, 6.07) is 4.02. The number of aromatic nitrogens is 1. The molecule has 0 radical (unpaired) electrons. The molecule has 4 aliphatic rings. The van der Waals surface area contributed by atoms with Crippen molar-refractivity contribution in [1.29, 1.82) is 0 Å². The Labute approximate surface area is 127 Å². The predicted octanol–water partition coefficient (Wildman–Crippen LogP) is 4.00. The number of ether oxygens (including phenoxy) is 1. The van der Waals surface area contributed by atoms with Crippen LogP contribution in [0.25, 0.3) is 0 Å². The van der Waals surface area contributed by atoms with Gasteiger partial charge in [-0.25, -0.2) is 4.98 Å². The molecular formula is C16H19F3N2O. The SMILES string of the molecule is FC(F)(F)c1cccc(NC23CC(C4CCCCO4)(C2)C3)n1. The Morgan fingerprint density at radius 1 is 1.18 bits per heavy atom. The van der Waals surface area contributed by atoms with E-state index in [9.17, 15) is 13.2 Å². The summed E-state index contributed by atoms with van der Waals surface area (Å²) in [6.45, 7) is 0.849. The third kappa shape index (κ3) is 2.19. The van der Waals surface area contributed by atoms with Crippen molar-refractivity contribution >= 4 is 5.82 Å². The van der Waals surface area contributed by atoms with Crippen LogP contribution in [0.4, 0.5) is 19.0 Å². The lowest BCUT2D eigenvalue weighted by molar-refractivity contribution is -0.216. The minimum absolute atomic E-state index is 0.0575. The van der Waals surface area contributed by atoms with Crippen LogP contribution in [0.1, 0.15) is 44.2 Å². The second kappa shape index (κ2) is 4.60. The molecule has 120 valence electrons. The van der Waals surface area contributed by atoms with Gasteiger partial charge in [-0.05, 0) is 50.7 Å². The Hall–Kier alpha value is -1.30. The van der Waals surface area contributed by atoms with Gasteiger partial charge in [-0.1, -0.05) is 6.07 Å². The van der Waals surface area contributed by atoms with E-state index in [1.165, 1.54) is 12.5 Å². The van der Waals surface area contributed by atoms with Gasteiger partial charge in [0, 0.05) is 17.6 Å². The van der Waals surface area contributed by atoms with Crippen molar-refractivity contribution in [3.05, 3.63) is 23.9 Å². The van der Waals surface area contributed by atoms with Crippen molar-refractivity contribution in [2.24, 2.45) is 5.41 Å². The van der Waals surface area contributed by atoms with Crippen LogP contribution >= 0.6 is 0 Å². The smallest absolute Gasteiger partial charge is 0.378 e. The number of halogens is 3. The Bertz CT molecular complexity index is 561. The first-order valence-corrected chi connectivity index (χ1v) is 7.85. The summed E-state index contributed by atoms with van der Waals surface area (Å²) in [7, 11) is 0. The highest BCUT2D eigenvalue weighted by atomic mass is 19.4. The van der Waals surface area contributed by atoms with Crippen LogP contribution in [0.5, 0.6) is 0 Å². The van der Waals surface area contributed by atoms with Gasteiger partial charge in [0.2, 0.25) is 0 Å². The third-order valence-electron chi connectivity index (χ3n) is 5.37. The van der Waals surface area contributed by atoms with Crippen LogP contribution in [-0.4, -0.2) is 23.2 Å². The zero-order valence-electron chi connectivity index (χ0n) is 12.2. The van der Waals surface area contributed by atoms with Gasteiger partial charge in [0.15, 0.2) is 0 Å². The maximum atomic E-state index is 12.7. The van der Waals surface area contributed by atoms with Gasteiger partial charge in [0.1, 0.15) is 11.5 Å². The molecule has 1 atom stereocenters. The van der Waals surface area contributed by atoms with Crippen molar-refractivity contribution in [2.75, 3.05) is 11.9 Å². The first-order chi connectivity index (χ1) is 10.4. The van der Waals surface area contributed by atoms with Gasteiger partial charge in [0.05, 0.1) is 6.10 Å². The number of pyridine rings is 1. The lowest BCUT2D eigenvalue weighted by Gasteiger charge is -2.73. The molecule has 4 fully saturated rings. The van der Waals surface area contributed by atoms with E-state index in [-0.39, 0.29) is 11.0 Å². The highest BCUT2D eigenvalue weighted by Crippen LogP contribution is 2.71. The lowest BCUT2D eigenvalue weighted by atomic mass is 9.37. The zero-order valence-corrected chi connectivity index (χ0v) is 12.2. The number of hydrogen-bond donors (Lipinski definition) is 1. The molecule has 1 unspecified atom stereocenters. The normalized spacial score (nSPS) is 37.1. The van der Waals surface area contributed by atoms with E-state index in [0.29, 0.717) is 11.9 Å². The van der Waals surface area contributed by atoms with Crippen LogP contribution in [0.2, 0.25) is 0 Å². The molecule has 3 saturated carbocycles. The fourth-order valence-electron chi connectivity index (χ4n) is 4.50. The van der Waals surface area contributed by atoms with Crippen molar-refractivity contribution in [2.45, 2.75) is 56.3 Å². The molecule has 1 aromatic rings. The Morgan fingerprint density at radius 3 is 2.59 bits per heavy atom. The fraction of sp³-hybridized carbons (Fsp3) is 0.688. The molecular weight excluding hydrogens is 293 g/mol. The van der Waals surface area contributed by atoms with Crippen molar-refractivity contribution in [1.82, 2.24) is 4.98 Å². The van der Waals surface area contributed by atoms with Crippen LogP contribution in [0.3, 0.4) is 0 Å². The molecule has 3 nitrogen and oxygen atoms in total. The van der Waals surface area contributed by atoms with Crippen molar-refractivity contribution in [3.8, 4) is 0 Å². The number of hydrogen-bond acceptors (Lipinski definition) is 3. The topological polar surface area (TPSA) is 34.1 Å². The molecule has 1 saturated heterocycles. The highest BCUT2D eigenvalue weighted by Gasteiger charge is 2.71. The van der Waals surface area contributed by atoms with E-state index in [2.05, 4.69) is 10.3 Å². The van der Waals surface area contributed by atoms with E-state index >= 15 is 0 Å². The average molecular weight is 312 g/mol. The van der Waals surface area contributed by atoms with Gasteiger partial charge in [-0.2, -0.15) is 13.2 Å². The summed E-state index contributed by atoms with van der Waals surface area (Å²) in [5.74, 6) is 0.327. The molecule has 0 amide bonds. The van der Waals surface area contributed by atoms with Crippen LogP contribution in [0.15, 0.2) is 18.2 Å². The molecule has 0 spiro atoms. The molecule has 1 aromatic heterocycles. The average Bonchev–Trinajstić information content (AvgIpc) is 2.41. The molecule has 2 heterocycles. The molecule has 2 bridgehead atoms.